The molecule has 0 radical (unpaired) electrons. The highest BCUT2D eigenvalue weighted by Crippen LogP contribution is 2.25. The highest BCUT2D eigenvalue weighted by molar-refractivity contribution is 5.36. The summed E-state index contributed by atoms with van der Waals surface area (Å²) < 4.78 is 5.27. The monoisotopic (exact) mass is 269 g/mol. The SMILES string of the molecule is CNC(CCc1ccccc1)c1ccc(OC)cc1C. The molecule has 0 fully saturated rings. The smallest absolute Gasteiger partial charge is 0.119 e. The van der Waals surface area contributed by atoms with Crippen molar-refractivity contribution < 1.29 is 4.74 Å². The van der Waals surface area contributed by atoms with E-state index in [9.17, 15) is 0 Å². The summed E-state index contributed by atoms with van der Waals surface area (Å²) in [5, 5.41) is 3.43. The summed E-state index contributed by atoms with van der Waals surface area (Å²) >= 11 is 0. The normalized spacial score (nSPS) is 12.2. The van der Waals surface area contributed by atoms with E-state index in [0.717, 1.165) is 18.6 Å². The van der Waals surface area contributed by atoms with Crippen molar-refractivity contribution >= 4 is 0 Å². The fraction of sp³-hybridized carbons (Fsp3) is 0.333. The molecular formula is C18H23NO. The number of methoxy groups -OCH3 is 1. The van der Waals surface area contributed by atoms with Gasteiger partial charge >= 0.3 is 0 Å². The van der Waals surface area contributed by atoms with Crippen molar-refractivity contribution in [1.29, 1.82) is 0 Å². The molecule has 2 nitrogen and oxygen atoms in total. The first-order valence-electron chi connectivity index (χ1n) is 7.10. The first-order chi connectivity index (χ1) is 9.74. The average molecular weight is 269 g/mol. The highest BCUT2D eigenvalue weighted by atomic mass is 16.5. The van der Waals surface area contributed by atoms with Crippen molar-refractivity contribution in [3.05, 3.63) is 65.2 Å². The molecule has 0 saturated carbocycles. The number of ether oxygens (including phenoxy) is 1. The minimum Gasteiger partial charge on any atom is -0.497 e. The first kappa shape index (κ1) is 14.6. The summed E-state index contributed by atoms with van der Waals surface area (Å²) in [7, 11) is 3.73. The number of hydrogen-bond acceptors (Lipinski definition) is 2. The lowest BCUT2D eigenvalue weighted by atomic mass is 9.95. The summed E-state index contributed by atoms with van der Waals surface area (Å²) in [5.41, 5.74) is 4.01. The zero-order valence-corrected chi connectivity index (χ0v) is 12.5. The zero-order chi connectivity index (χ0) is 14.4. The Morgan fingerprint density at radius 3 is 2.45 bits per heavy atom. The van der Waals surface area contributed by atoms with Crippen LogP contribution in [0.3, 0.4) is 0 Å². The van der Waals surface area contributed by atoms with E-state index >= 15 is 0 Å². The molecule has 0 spiro atoms. The van der Waals surface area contributed by atoms with Crippen LogP contribution in [0.5, 0.6) is 5.75 Å². The Morgan fingerprint density at radius 2 is 1.85 bits per heavy atom. The van der Waals surface area contributed by atoms with Crippen molar-refractivity contribution in [2.75, 3.05) is 14.2 Å². The van der Waals surface area contributed by atoms with E-state index in [-0.39, 0.29) is 0 Å². The molecule has 0 aliphatic carbocycles. The van der Waals surface area contributed by atoms with Gasteiger partial charge in [-0.25, -0.2) is 0 Å². The van der Waals surface area contributed by atoms with E-state index in [1.807, 2.05) is 13.1 Å². The summed E-state index contributed by atoms with van der Waals surface area (Å²) in [6.45, 7) is 2.14. The minimum absolute atomic E-state index is 0.376. The maximum Gasteiger partial charge on any atom is 0.119 e. The van der Waals surface area contributed by atoms with Gasteiger partial charge in [0, 0.05) is 6.04 Å². The number of benzene rings is 2. The van der Waals surface area contributed by atoms with Gasteiger partial charge in [0.1, 0.15) is 5.75 Å². The van der Waals surface area contributed by atoms with E-state index < -0.39 is 0 Å². The Morgan fingerprint density at radius 1 is 1.10 bits per heavy atom. The Bertz CT molecular complexity index is 536. The van der Waals surface area contributed by atoms with Gasteiger partial charge in [-0.15, -0.1) is 0 Å². The van der Waals surface area contributed by atoms with Crippen LogP contribution in [0.25, 0.3) is 0 Å². The third kappa shape index (κ3) is 3.61. The lowest BCUT2D eigenvalue weighted by Gasteiger charge is -2.19. The van der Waals surface area contributed by atoms with Gasteiger partial charge in [0.2, 0.25) is 0 Å². The van der Waals surface area contributed by atoms with Gasteiger partial charge in [-0.1, -0.05) is 36.4 Å². The molecule has 0 aliphatic rings. The van der Waals surface area contributed by atoms with Crippen molar-refractivity contribution in [2.45, 2.75) is 25.8 Å². The number of rotatable bonds is 6. The molecule has 1 N–H and O–H groups in total. The van der Waals surface area contributed by atoms with Crippen LogP contribution in [-0.2, 0) is 6.42 Å². The van der Waals surface area contributed by atoms with Gasteiger partial charge in [-0.3, -0.25) is 0 Å². The first-order valence-corrected chi connectivity index (χ1v) is 7.10. The standard InChI is InChI=1S/C18H23NO/c1-14-13-16(20-3)10-11-17(14)18(19-2)12-9-15-7-5-4-6-8-15/h4-8,10-11,13,18-19H,9,12H2,1-3H3. The van der Waals surface area contributed by atoms with E-state index in [1.165, 1.54) is 16.7 Å². The predicted molar refractivity (Wildman–Crippen MR) is 84.3 cm³/mol. The zero-order valence-electron chi connectivity index (χ0n) is 12.5. The van der Waals surface area contributed by atoms with Crippen molar-refractivity contribution in [1.82, 2.24) is 5.32 Å². The van der Waals surface area contributed by atoms with Crippen LogP contribution in [0, 0.1) is 6.92 Å². The Kier molecular flexibility index (Phi) is 5.19. The van der Waals surface area contributed by atoms with Crippen molar-refractivity contribution in [3.8, 4) is 5.75 Å². The molecular weight excluding hydrogens is 246 g/mol. The fourth-order valence-electron chi connectivity index (χ4n) is 2.58. The molecule has 1 atom stereocenters. The molecule has 0 amide bonds. The fourth-order valence-corrected chi connectivity index (χ4v) is 2.58. The molecule has 0 saturated heterocycles. The molecule has 2 aromatic carbocycles. The Hall–Kier alpha value is -1.80. The summed E-state index contributed by atoms with van der Waals surface area (Å²) in [6.07, 6.45) is 2.17. The van der Waals surface area contributed by atoms with Crippen molar-refractivity contribution in [3.63, 3.8) is 0 Å². The van der Waals surface area contributed by atoms with Crippen molar-refractivity contribution in [2.24, 2.45) is 0 Å². The predicted octanol–water partition coefficient (Wildman–Crippen LogP) is 3.90. The van der Waals surface area contributed by atoms with Crippen LogP contribution in [-0.4, -0.2) is 14.2 Å². The van der Waals surface area contributed by atoms with Crippen LogP contribution in [0.15, 0.2) is 48.5 Å². The van der Waals surface area contributed by atoms with E-state index in [0.29, 0.717) is 6.04 Å². The number of nitrogens with one attached hydrogen (secondary N) is 1. The maximum absolute atomic E-state index is 5.27. The number of hydrogen-bond donors (Lipinski definition) is 1. The molecule has 0 aliphatic heterocycles. The molecule has 0 heterocycles. The second-order valence-corrected chi connectivity index (χ2v) is 5.09. The van der Waals surface area contributed by atoms with Crippen LogP contribution < -0.4 is 10.1 Å². The molecule has 0 bridgehead atoms. The van der Waals surface area contributed by atoms with Gasteiger partial charge in [-0.05, 0) is 55.6 Å². The molecule has 0 aromatic heterocycles. The van der Waals surface area contributed by atoms with E-state index in [2.05, 4.69) is 54.7 Å². The van der Waals surface area contributed by atoms with Crippen LogP contribution >= 0.6 is 0 Å². The van der Waals surface area contributed by atoms with E-state index in [1.54, 1.807) is 7.11 Å². The highest BCUT2D eigenvalue weighted by Gasteiger charge is 2.12. The van der Waals surface area contributed by atoms with Gasteiger partial charge in [-0.2, -0.15) is 0 Å². The van der Waals surface area contributed by atoms with Gasteiger partial charge in [0.05, 0.1) is 7.11 Å². The molecule has 106 valence electrons. The minimum atomic E-state index is 0.376. The Labute approximate surface area is 121 Å². The molecule has 2 heteroatoms. The Balaban J connectivity index is 2.08. The van der Waals surface area contributed by atoms with Crippen LogP contribution in [0.4, 0.5) is 0 Å². The third-order valence-electron chi connectivity index (χ3n) is 3.77. The van der Waals surface area contributed by atoms with Crippen LogP contribution in [0.2, 0.25) is 0 Å². The second-order valence-electron chi connectivity index (χ2n) is 5.09. The molecule has 1 unspecified atom stereocenters. The average Bonchev–Trinajstić information content (AvgIpc) is 2.50. The molecule has 2 aromatic rings. The summed E-state index contributed by atoms with van der Waals surface area (Å²) in [5.74, 6) is 0.921. The largest absolute Gasteiger partial charge is 0.497 e. The third-order valence-corrected chi connectivity index (χ3v) is 3.77. The van der Waals surface area contributed by atoms with E-state index in [4.69, 9.17) is 4.74 Å². The molecule has 2 rings (SSSR count). The van der Waals surface area contributed by atoms with Crippen LogP contribution in [0.1, 0.15) is 29.2 Å². The quantitative estimate of drug-likeness (QED) is 0.859. The lowest BCUT2D eigenvalue weighted by molar-refractivity contribution is 0.414. The summed E-state index contributed by atoms with van der Waals surface area (Å²) in [4.78, 5) is 0. The van der Waals surface area contributed by atoms with Gasteiger partial charge in [0.25, 0.3) is 0 Å². The van der Waals surface area contributed by atoms with Gasteiger partial charge in [0.15, 0.2) is 0 Å². The maximum atomic E-state index is 5.27. The topological polar surface area (TPSA) is 21.3 Å². The number of aryl methyl sites for hydroxylation is 2. The molecule has 20 heavy (non-hydrogen) atoms. The van der Waals surface area contributed by atoms with Gasteiger partial charge < -0.3 is 10.1 Å². The summed E-state index contributed by atoms with van der Waals surface area (Å²) in [6, 6.07) is 17.3. The lowest BCUT2D eigenvalue weighted by Crippen LogP contribution is -2.18. The second kappa shape index (κ2) is 7.11.